The summed E-state index contributed by atoms with van der Waals surface area (Å²) in [5.74, 6) is -3.59. The second kappa shape index (κ2) is 17.0. The fourth-order valence-electron chi connectivity index (χ4n) is 5.02. The van der Waals surface area contributed by atoms with Gasteiger partial charge in [-0.1, -0.05) is 46.8 Å². The highest BCUT2D eigenvalue weighted by Crippen LogP contribution is 2.26. The van der Waals surface area contributed by atoms with E-state index in [9.17, 15) is 37.1 Å². The third-order valence-corrected chi connectivity index (χ3v) is 7.68. The zero-order chi connectivity index (χ0) is 35.6. The Kier molecular flexibility index (Phi) is 13.4. The van der Waals surface area contributed by atoms with Crippen molar-refractivity contribution in [3.63, 3.8) is 0 Å². The normalized spacial score (nSPS) is 18.2. The molecule has 0 aliphatic carbocycles. The topological polar surface area (TPSA) is 169 Å². The van der Waals surface area contributed by atoms with Gasteiger partial charge in [-0.2, -0.15) is 0 Å². The Bertz CT molecular complexity index is 1410. The van der Waals surface area contributed by atoms with Gasteiger partial charge in [0.2, 0.25) is 17.7 Å². The van der Waals surface area contributed by atoms with Gasteiger partial charge in [0.25, 0.3) is 5.91 Å². The van der Waals surface area contributed by atoms with Gasteiger partial charge < -0.3 is 35.1 Å². The molecule has 3 rings (SSSR count). The van der Waals surface area contributed by atoms with Crippen molar-refractivity contribution in [3.05, 3.63) is 54.1 Å². The third kappa shape index (κ3) is 10.7. The number of nitrogens with one attached hydrogen (secondary N) is 3. The van der Waals surface area contributed by atoms with E-state index >= 15 is 0 Å². The van der Waals surface area contributed by atoms with E-state index in [1.807, 2.05) is 0 Å². The van der Waals surface area contributed by atoms with Crippen molar-refractivity contribution in [2.75, 3.05) is 6.54 Å². The van der Waals surface area contributed by atoms with Crippen molar-refractivity contribution in [3.8, 4) is 5.75 Å². The van der Waals surface area contributed by atoms with Crippen LogP contribution in [0.2, 0.25) is 0 Å². The number of carbonyl (C=O) groups excluding carboxylic acids is 5. The van der Waals surface area contributed by atoms with Crippen molar-refractivity contribution in [1.82, 2.24) is 30.8 Å². The quantitative estimate of drug-likeness (QED) is 0.240. The molecule has 16 heteroatoms. The molecule has 0 radical (unpaired) electrons. The predicted molar refractivity (Wildman–Crippen MR) is 165 cm³/mol. The summed E-state index contributed by atoms with van der Waals surface area (Å²) < 4.78 is 47.4. The third-order valence-electron chi connectivity index (χ3n) is 7.68. The van der Waals surface area contributed by atoms with Crippen LogP contribution in [0.5, 0.6) is 5.75 Å². The minimum Gasteiger partial charge on any atom is -0.406 e. The van der Waals surface area contributed by atoms with Gasteiger partial charge in [0.1, 0.15) is 35.9 Å². The highest BCUT2D eigenvalue weighted by molar-refractivity contribution is 5.98. The summed E-state index contributed by atoms with van der Waals surface area (Å²) in [6, 6.07) is 1.13. The number of halogens is 3. The predicted octanol–water partition coefficient (Wildman–Crippen LogP) is 2.55. The monoisotopic (exact) mass is 678 g/mol. The molecule has 1 fully saturated rings. The summed E-state index contributed by atoms with van der Waals surface area (Å²) in [5, 5.41) is 8.02. The van der Waals surface area contributed by atoms with E-state index in [0.717, 1.165) is 12.1 Å². The van der Waals surface area contributed by atoms with Crippen molar-refractivity contribution in [2.24, 2.45) is 11.8 Å². The van der Waals surface area contributed by atoms with Crippen molar-refractivity contribution < 1.29 is 46.6 Å². The number of ether oxygens (including phenoxy) is 2. The van der Waals surface area contributed by atoms with E-state index in [1.165, 1.54) is 35.6 Å². The van der Waals surface area contributed by atoms with Gasteiger partial charge in [-0.15, -0.1) is 13.2 Å². The average molecular weight is 679 g/mol. The first kappa shape index (κ1) is 37.9. The highest BCUT2D eigenvalue weighted by Gasteiger charge is 2.44. The zero-order valence-corrected chi connectivity index (χ0v) is 27.3. The van der Waals surface area contributed by atoms with Gasteiger partial charge in [0.15, 0.2) is 0 Å². The Labute approximate surface area is 276 Å². The molecule has 0 unspecified atom stereocenters. The van der Waals surface area contributed by atoms with E-state index in [2.05, 4.69) is 30.7 Å². The molecule has 1 aromatic heterocycles. The number of aromatic nitrogens is 2. The van der Waals surface area contributed by atoms with Crippen molar-refractivity contribution >= 4 is 29.9 Å². The van der Waals surface area contributed by atoms with Crippen LogP contribution in [-0.2, 0) is 30.5 Å². The first-order valence-corrected chi connectivity index (χ1v) is 15.5. The molecule has 1 aromatic carbocycles. The molecule has 48 heavy (non-hydrogen) atoms. The minimum absolute atomic E-state index is 0.00990. The van der Waals surface area contributed by atoms with Crippen molar-refractivity contribution in [2.45, 2.75) is 90.7 Å². The van der Waals surface area contributed by atoms with Gasteiger partial charge >= 0.3 is 6.36 Å². The summed E-state index contributed by atoms with van der Waals surface area (Å²) in [5.41, 5.74) is 0.536. The average Bonchev–Trinajstić information content (AvgIpc) is 3.48. The van der Waals surface area contributed by atoms with Gasteiger partial charge in [0, 0.05) is 25.4 Å². The number of likely N-dealkylation sites (tertiary alicyclic amines) is 1. The number of hydrogen-bond donors (Lipinski definition) is 3. The largest absolute Gasteiger partial charge is 0.573 e. The van der Waals surface area contributed by atoms with Crippen LogP contribution in [0.1, 0.15) is 63.5 Å². The van der Waals surface area contributed by atoms with E-state index in [4.69, 9.17) is 4.74 Å². The number of nitrogens with zero attached hydrogens (tertiary/aromatic N) is 3. The lowest BCUT2D eigenvalue weighted by molar-refractivity contribution is -0.274. The fraction of sp³-hybridized carbons (Fsp3) is 0.531. The zero-order valence-electron chi connectivity index (χ0n) is 27.3. The summed E-state index contributed by atoms with van der Waals surface area (Å²) in [7, 11) is 0. The number of amides is 4. The molecule has 0 spiro atoms. The summed E-state index contributed by atoms with van der Waals surface area (Å²) in [4.78, 5) is 74.2. The van der Waals surface area contributed by atoms with Crippen LogP contribution >= 0.6 is 0 Å². The number of hydrogen-bond acceptors (Lipinski definition) is 9. The van der Waals surface area contributed by atoms with E-state index in [1.54, 1.807) is 34.6 Å². The van der Waals surface area contributed by atoms with Crippen LogP contribution < -0.4 is 20.7 Å². The molecule has 13 nitrogen and oxygen atoms in total. The molecule has 0 bridgehead atoms. The highest BCUT2D eigenvalue weighted by atomic mass is 19.4. The Balaban J connectivity index is 1.77. The SMILES string of the molecule is CC[C@@H](C=O)NC(=O)[C@@H]1C[C@@H](OCc2ccc(OC(F)(F)F)cc2)CN1C(=O)[C@@H](NC(=O)[C@@H](NC(=O)c1cnccn1)C(C)C)C(C)C. The lowest BCUT2D eigenvalue weighted by atomic mass is 9.98. The molecule has 2 heterocycles. The lowest BCUT2D eigenvalue weighted by Gasteiger charge is -2.32. The van der Waals surface area contributed by atoms with Crippen LogP contribution in [0.15, 0.2) is 42.9 Å². The van der Waals surface area contributed by atoms with Crippen LogP contribution in [-0.4, -0.2) is 88.0 Å². The Morgan fingerprint density at radius 3 is 2.21 bits per heavy atom. The molecule has 2 aromatic rings. The molecule has 1 aliphatic rings. The van der Waals surface area contributed by atoms with Crippen LogP contribution in [0.25, 0.3) is 0 Å². The van der Waals surface area contributed by atoms with Crippen LogP contribution in [0, 0.1) is 11.8 Å². The molecule has 1 saturated heterocycles. The van der Waals surface area contributed by atoms with Crippen LogP contribution in [0.3, 0.4) is 0 Å². The smallest absolute Gasteiger partial charge is 0.406 e. The van der Waals surface area contributed by atoms with Crippen molar-refractivity contribution in [1.29, 1.82) is 0 Å². The van der Waals surface area contributed by atoms with E-state index < -0.39 is 71.9 Å². The number of carbonyl (C=O) groups is 5. The fourth-order valence-corrected chi connectivity index (χ4v) is 5.02. The summed E-state index contributed by atoms with van der Waals surface area (Å²) in [6.07, 6.45) is -0.514. The maximum atomic E-state index is 14.1. The molecule has 5 atom stereocenters. The minimum atomic E-state index is -4.83. The molecular formula is C32H41F3N6O7. The summed E-state index contributed by atoms with van der Waals surface area (Å²) in [6.45, 7) is 8.53. The van der Waals surface area contributed by atoms with Gasteiger partial charge in [-0.3, -0.25) is 24.2 Å². The maximum Gasteiger partial charge on any atom is 0.573 e. The van der Waals surface area contributed by atoms with E-state index in [-0.39, 0.29) is 31.2 Å². The van der Waals surface area contributed by atoms with Crippen LogP contribution in [0.4, 0.5) is 13.2 Å². The Morgan fingerprint density at radius 1 is 1.00 bits per heavy atom. The molecule has 0 saturated carbocycles. The molecule has 1 aliphatic heterocycles. The number of rotatable bonds is 15. The van der Waals surface area contributed by atoms with Gasteiger partial charge in [-0.25, -0.2) is 4.98 Å². The molecule has 4 amide bonds. The Morgan fingerprint density at radius 2 is 1.67 bits per heavy atom. The standard InChI is InChI=1S/C32H41F3N6O7/c1-6-21(16-42)38-29(44)25-13-23(47-17-20-7-9-22(10-8-20)48-32(33,34)35)15-41(25)31(46)27(19(4)5)40-30(45)26(18(2)3)39-28(43)24-14-36-11-12-37-24/h7-12,14,16,18-19,21,23,25-27H,6,13,15,17H2,1-5H3,(H,38,44)(H,39,43)(H,40,45)/t21-,23+,25-,26-,27-/m0/s1. The van der Waals surface area contributed by atoms with Gasteiger partial charge in [-0.05, 0) is 36.0 Å². The maximum absolute atomic E-state index is 14.1. The Hall–Kier alpha value is -4.60. The lowest BCUT2D eigenvalue weighted by Crippen LogP contribution is -2.59. The molecular weight excluding hydrogens is 637 g/mol. The second-order valence-electron chi connectivity index (χ2n) is 12.0. The van der Waals surface area contributed by atoms with Gasteiger partial charge in [0.05, 0.1) is 24.9 Å². The number of alkyl halides is 3. The number of aldehydes is 1. The first-order chi connectivity index (χ1) is 22.6. The molecule has 3 N–H and O–H groups in total. The molecule has 262 valence electrons. The number of benzene rings is 1. The second-order valence-corrected chi connectivity index (χ2v) is 12.0. The first-order valence-electron chi connectivity index (χ1n) is 15.5. The van der Waals surface area contributed by atoms with E-state index in [0.29, 0.717) is 18.3 Å². The summed E-state index contributed by atoms with van der Waals surface area (Å²) >= 11 is 0.